The van der Waals surface area contributed by atoms with Crippen LogP contribution in [-0.2, 0) is 6.54 Å². The fraction of sp³-hybridized carbons (Fsp3) is 0.167. The van der Waals surface area contributed by atoms with Crippen molar-refractivity contribution in [2.45, 2.75) is 13.0 Å². The van der Waals surface area contributed by atoms with Crippen LogP contribution < -0.4 is 16.6 Å². The Morgan fingerprint density at radius 2 is 2.09 bits per heavy atom. The predicted octanol–water partition coefficient (Wildman–Crippen LogP) is 3.46. The Morgan fingerprint density at radius 3 is 2.61 bits per heavy atom. The minimum absolute atomic E-state index is 0.00988. The largest absolute Gasteiger partial charge is 0.396 e. The zero-order valence-corrected chi connectivity index (χ0v) is 13.4. The van der Waals surface area contributed by atoms with Gasteiger partial charge in [-0.15, -0.1) is 11.3 Å². The maximum absolute atomic E-state index is 13.5. The average Bonchev–Trinajstić information content (AvgIpc) is 2.71. The molecule has 3 N–H and O–H groups in total. The first-order valence-electron chi connectivity index (χ1n) is 5.93. The normalized spacial score (nSPS) is 11.0. The van der Waals surface area contributed by atoms with Gasteiger partial charge in [0.2, 0.25) is 0 Å². The number of carbonyl (C=O) groups is 1. The summed E-state index contributed by atoms with van der Waals surface area (Å²) in [6.07, 6.45) is -1.95. The summed E-state index contributed by atoms with van der Waals surface area (Å²) >= 11 is 12.3. The first kappa shape index (κ1) is 17.6. The molecule has 1 amide bonds. The Balaban J connectivity index is 2.32. The van der Waals surface area contributed by atoms with Crippen molar-refractivity contribution in [3.8, 4) is 0 Å². The fourth-order valence-corrected chi connectivity index (χ4v) is 3.04. The minimum Gasteiger partial charge on any atom is -0.396 e. The molecule has 0 saturated heterocycles. The van der Waals surface area contributed by atoms with Gasteiger partial charge in [0.1, 0.15) is 9.21 Å². The molecule has 2 rings (SSSR count). The van der Waals surface area contributed by atoms with Crippen LogP contribution in [0.2, 0.25) is 9.36 Å². The third kappa shape index (κ3) is 3.80. The number of pyridine rings is 1. The molecule has 23 heavy (non-hydrogen) atoms. The number of alkyl halides is 2. The number of anilines is 2. The predicted molar refractivity (Wildman–Crippen MR) is 83.4 cm³/mol. The summed E-state index contributed by atoms with van der Waals surface area (Å²) in [6, 6.07) is 0.717. The second-order valence-corrected chi connectivity index (χ2v) is 6.31. The lowest BCUT2D eigenvalue weighted by atomic mass is 10.3. The molecule has 2 aromatic heterocycles. The van der Waals surface area contributed by atoms with E-state index in [4.69, 9.17) is 28.9 Å². The van der Waals surface area contributed by atoms with E-state index in [2.05, 4.69) is 5.32 Å². The highest BCUT2D eigenvalue weighted by molar-refractivity contribution is 7.19. The molecule has 0 bridgehead atoms. The monoisotopic (exact) mass is 385 g/mol. The highest BCUT2D eigenvalue weighted by Crippen LogP contribution is 2.39. The van der Waals surface area contributed by atoms with E-state index < -0.39 is 30.3 Å². The van der Waals surface area contributed by atoms with E-state index in [0.717, 1.165) is 23.6 Å². The summed E-state index contributed by atoms with van der Waals surface area (Å²) in [5.41, 5.74) is 4.15. The van der Waals surface area contributed by atoms with E-state index in [1.807, 2.05) is 0 Å². The number of carbonyl (C=O) groups excluding carboxylic acids is 1. The molecule has 0 fully saturated rings. The van der Waals surface area contributed by atoms with Crippen molar-refractivity contribution in [3.05, 3.63) is 42.7 Å². The summed E-state index contributed by atoms with van der Waals surface area (Å²) in [6.45, 7) is -1.00. The van der Waals surface area contributed by atoms with Crippen LogP contribution in [0, 0.1) is 5.82 Å². The van der Waals surface area contributed by atoms with Crippen LogP contribution in [0.5, 0.6) is 0 Å². The second kappa shape index (κ2) is 6.81. The van der Waals surface area contributed by atoms with Crippen LogP contribution in [0.25, 0.3) is 0 Å². The van der Waals surface area contributed by atoms with Gasteiger partial charge in [-0.3, -0.25) is 9.59 Å². The van der Waals surface area contributed by atoms with Crippen molar-refractivity contribution >= 4 is 51.8 Å². The number of nitrogens with one attached hydrogen (secondary N) is 1. The Kier molecular flexibility index (Phi) is 5.23. The van der Waals surface area contributed by atoms with Crippen molar-refractivity contribution in [2.24, 2.45) is 0 Å². The van der Waals surface area contributed by atoms with Gasteiger partial charge in [-0.05, 0) is 0 Å². The fourth-order valence-electron chi connectivity index (χ4n) is 1.70. The summed E-state index contributed by atoms with van der Waals surface area (Å²) in [7, 11) is 0. The van der Waals surface area contributed by atoms with E-state index in [1.54, 1.807) is 0 Å². The molecule has 0 aromatic carbocycles. The number of halogens is 5. The topological polar surface area (TPSA) is 77.1 Å². The van der Waals surface area contributed by atoms with E-state index in [9.17, 15) is 22.8 Å². The minimum atomic E-state index is -2.86. The molecule has 0 aliphatic rings. The van der Waals surface area contributed by atoms with Gasteiger partial charge in [0.05, 0.1) is 22.9 Å². The highest BCUT2D eigenvalue weighted by Gasteiger charge is 2.20. The quantitative estimate of drug-likeness (QED) is 0.845. The number of thiophene rings is 1. The molecule has 2 aromatic rings. The van der Waals surface area contributed by atoms with Crippen LogP contribution in [0.4, 0.5) is 24.5 Å². The van der Waals surface area contributed by atoms with E-state index in [-0.39, 0.29) is 25.6 Å². The van der Waals surface area contributed by atoms with Crippen molar-refractivity contribution in [1.82, 2.24) is 4.57 Å². The first-order valence-corrected chi connectivity index (χ1v) is 7.50. The van der Waals surface area contributed by atoms with E-state index >= 15 is 0 Å². The van der Waals surface area contributed by atoms with Gasteiger partial charge >= 0.3 is 0 Å². The third-order valence-electron chi connectivity index (χ3n) is 2.69. The zero-order valence-electron chi connectivity index (χ0n) is 11.1. The van der Waals surface area contributed by atoms with Crippen LogP contribution in [0.15, 0.2) is 17.1 Å². The molecule has 0 atom stereocenters. The highest BCUT2D eigenvalue weighted by atomic mass is 35.5. The maximum Gasteiger partial charge on any atom is 0.286 e. The molecular weight excluding hydrogens is 378 g/mol. The molecule has 0 saturated carbocycles. The molecule has 0 spiro atoms. The Morgan fingerprint density at radius 1 is 1.43 bits per heavy atom. The molecule has 0 unspecified atom stereocenters. The Bertz CT molecular complexity index is 823. The van der Waals surface area contributed by atoms with Gasteiger partial charge in [0, 0.05) is 12.3 Å². The van der Waals surface area contributed by atoms with Crippen molar-refractivity contribution in [3.63, 3.8) is 0 Å². The molecule has 0 aliphatic heterocycles. The van der Waals surface area contributed by atoms with Crippen molar-refractivity contribution in [2.75, 3.05) is 11.1 Å². The standard InChI is InChI=1S/C12H8Cl2F3N3O2S/c13-7-8(18)9(23-10(7)14)11(21)19-4-1-5(15)12(22)20(2-4)3-6(16)17/h1-2,6H,3,18H2,(H,19,21). The molecule has 2 heterocycles. The summed E-state index contributed by atoms with van der Waals surface area (Å²) in [5.74, 6) is -2.04. The number of aromatic nitrogens is 1. The van der Waals surface area contributed by atoms with Gasteiger partial charge in [0.25, 0.3) is 17.9 Å². The molecule has 0 aliphatic carbocycles. The molecule has 11 heteroatoms. The second-order valence-electron chi connectivity index (χ2n) is 4.31. The lowest BCUT2D eigenvalue weighted by Gasteiger charge is -2.09. The number of hydrogen-bond acceptors (Lipinski definition) is 4. The molecule has 0 radical (unpaired) electrons. The Hall–Kier alpha value is -1.71. The first-order chi connectivity index (χ1) is 10.7. The zero-order chi connectivity index (χ0) is 17.3. The SMILES string of the molecule is Nc1c(C(=O)Nc2cc(F)c(=O)n(CC(F)F)c2)sc(Cl)c1Cl. The van der Waals surface area contributed by atoms with E-state index in [1.165, 1.54) is 0 Å². The third-order valence-corrected chi connectivity index (χ3v) is 4.70. The lowest BCUT2D eigenvalue weighted by molar-refractivity contribution is 0.103. The average molecular weight is 386 g/mol. The van der Waals surface area contributed by atoms with Gasteiger partial charge < -0.3 is 15.6 Å². The molecule has 5 nitrogen and oxygen atoms in total. The summed E-state index contributed by atoms with van der Waals surface area (Å²) in [4.78, 5) is 23.5. The number of nitrogens with two attached hydrogens (primary N) is 1. The summed E-state index contributed by atoms with van der Waals surface area (Å²) < 4.78 is 38.8. The number of rotatable bonds is 4. The van der Waals surface area contributed by atoms with Gasteiger partial charge in [0.15, 0.2) is 5.82 Å². The number of amides is 1. The van der Waals surface area contributed by atoms with Crippen molar-refractivity contribution in [1.29, 1.82) is 0 Å². The van der Waals surface area contributed by atoms with Crippen molar-refractivity contribution < 1.29 is 18.0 Å². The maximum atomic E-state index is 13.5. The van der Waals surface area contributed by atoms with E-state index in [0.29, 0.717) is 4.57 Å². The molecular formula is C12H8Cl2F3N3O2S. The number of hydrogen-bond donors (Lipinski definition) is 2. The smallest absolute Gasteiger partial charge is 0.286 e. The lowest BCUT2D eigenvalue weighted by Crippen LogP contribution is -2.26. The van der Waals surface area contributed by atoms with Crippen LogP contribution in [0.3, 0.4) is 0 Å². The number of nitrogen functional groups attached to an aromatic ring is 1. The molecule has 124 valence electrons. The van der Waals surface area contributed by atoms with Crippen LogP contribution in [-0.4, -0.2) is 16.9 Å². The number of nitrogens with zero attached hydrogens (tertiary/aromatic N) is 1. The summed E-state index contributed by atoms with van der Waals surface area (Å²) in [5, 5.41) is 2.26. The Labute approximate surface area is 141 Å². The van der Waals surface area contributed by atoms with Gasteiger partial charge in [-0.25, -0.2) is 13.2 Å². The van der Waals surface area contributed by atoms with Crippen LogP contribution >= 0.6 is 34.5 Å². The van der Waals surface area contributed by atoms with Gasteiger partial charge in [-0.1, -0.05) is 23.2 Å². The van der Waals surface area contributed by atoms with Crippen LogP contribution in [0.1, 0.15) is 9.67 Å². The van der Waals surface area contributed by atoms with Gasteiger partial charge in [-0.2, -0.15) is 0 Å².